The smallest absolute Gasteiger partial charge is 0.255 e. The quantitative estimate of drug-likeness (QED) is 0.854. The molecule has 2 aromatic rings. The van der Waals surface area contributed by atoms with E-state index in [4.69, 9.17) is 16.3 Å². The van der Waals surface area contributed by atoms with Gasteiger partial charge in [-0.15, -0.1) is 0 Å². The van der Waals surface area contributed by atoms with E-state index >= 15 is 0 Å². The second-order valence-corrected chi connectivity index (χ2v) is 6.23. The molecule has 1 amide bonds. The minimum Gasteiger partial charge on any atom is -0.378 e. The Hall–Kier alpha value is -2.11. The minimum atomic E-state index is -0.0593. The van der Waals surface area contributed by atoms with Gasteiger partial charge in [-0.1, -0.05) is 23.7 Å². The predicted octanol–water partition coefficient (Wildman–Crippen LogP) is 2.84. The maximum Gasteiger partial charge on any atom is 0.255 e. The lowest BCUT2D eigenvalue weighted by molar-refractivity contribution is 0.0784. The molecule has 1 aromatic heterocycles. The summed E-state index contributed by atoms with van der Waals surface area (Å²) < 4.78 is 5.34. The van der Waals surface area contributed by atoms with Crippen LogP contribution in [0.1, 0.15) is 15.9 Å². The van der Waals surface area contributed by atoms with Gasteiger partial charge >= 0.3 is 0 Å². The number of morpholine rings is 1. The fraction of sp³-hybridized carbons (Fsp3) is 0.333. The summed E-state index contributed by atoms with van der Waals surface area (Å²) in [6.45, 7) is 3.59. The summed E-state index contributed by atoms with van der Waals surface area (Å²) in [5.41, 5.74) is 1.58. The number of carbonyl (C=O) groups excluding carboxylic acids is 1. The Morgan fingerprint density at radius 2 is 2.08 bits per heavy atom. The summed E-state index contributed by atoms with van der Waals surface area (Å²) >= 11 is 5.99. The molecular weight excluding hydrogens is 326 g/mol. The summed E-state index contributed by atoms with van der Waals surface area (Å²) in [6.07, 6.45) is 1.64. The molecule has 24 heavy (non-hydrogen) atoms. The van der Waals surface area contributed by atoms with Crippen molar-refractivity contribution in [1.82, 2.24) is 9.88 Å². The van der Waals surface area contributed by atoms with Gasteiger partial charge in [0.2, 0.25) is 0 Å². The molecule has 0 unspecified atom stereocenters. The normalized spacial score (nSPS) is 14.5. The number of hydrogen-bond acceptors (Lipinski definition) is 4. The molecule has 0 saturated carbocycles. The summed E-state index contributed by atoms with van der Waals surface area (Å²) in [4.78, 5) is 20.8. The molecule has 126 valence electrons. The van der Waals surface area contributed by atoms with Crippen molar-refractivity contribution in [3.05, 3.63) is 58.7 Å². The second-order valence-electron chi connectivity index (χ2n) is 5.80. The van der Waals surface area contributed by atoms with Crippen LogP contribution in [0.4, 0.5) is 5.82 Å². The molecule has 0 radical (unpaired) electrons. The predicted molar refractivity (Wildman–Crippen MR) is 94.5 cm³/mol. The third-order valence-corrected chi connectivity index (χ3v) is 4.22. The van der Waals surface area contributed by atoms with Crippen LogP contribution in [0.3, 0.4) is 0 Å². The zero-order valence-corrected chi connectivity index (χ0v) is 14.4. The molecule has 6 heteroatoms. The Morgan fingerprint density at radius 3 is 2.75 bits per heavy atom. The van der Waals surface area contributed by atoms with E-state index < -0.39 is 0 Å². The van der Waals surface area contributed by atoms with Crippen LogP contribution in [0.2, 0.25) is 5.02 Å². The summed E-state index contributed by atoms with van der Waals surface area (Å²) in [5, 5.41) is 0.671. The second kappa shape index (κ2) is 7.64. The number of nitrogens with zero attached hydrogens (tertiary/aromatic N) is 3. The molecule has 0 spiro atoms. The fourth-order valence-electron chi connectivity index (χ4n) is 2.69. The molecule has 1 aromatic carbocycles. The lowest BCUT2D eigenvalue weighted by atomic mass is 10.2. The number of pyridine rings is 1. The van der Waals surface area contributed by atoms with Crippen LogP contribution in [-0.4, -0.2) is 49.1 Å². The monoisotopic (exact) mass is 345 g/mol. The van der Waals surface area contributed by atoms with Gasteiger partial charge in [0.15, 0.2) is 0 Å². The number of anilines is 1. The highest BCUT2D eigenvalue weighted by atomic mass is 35.5. The van der Waals surface area contributed by atoms with E-state index in [0.717, 1.165) is 24.5 Å². The summed E-state index contributed by atoms with van der Waals surface area (Å²) in [6, 6.07) is 11.2. The van der Waals surface area contributed by atoms with Crippen LogP contribution in [0.15, 0.2) is 42.6 Å². The highest BCUT2D eigenvalue weighted by molar-refractivity contribution is 6.30. The van der Waals surface area contributed by atoms with Crippen molar-refractivity contribution in [2.45, 2.75) is 6.54 Å². The largest absolute Gasteiger partial charge is 0.378 e. The van der Waals surface area contributed by atoms with E-state index in [1.54, 1.807) is 18.1 Å². The molecule has 0 atom stereocenters. The Bertz CT molecular complexity index is 700. The molecule has 1 aliphatic rings. The minimum absolute atomic E-state index is 0.0593. The lowest BCUT2D eigenvalue weighted by Crippen LogP contribution is -2.36. The maximum absolute atomic E-state index is 12.5. The Balaban J connectivity index is 1.65. The molecular formula is C18H20ClN3O2. The number of carbonyl (C=O) groups is 1. The highest BCUT2D eigenvalue weighted by Gasteiger charge is 2.15. The van der Waals surface area contributed by atoms with Crippen LogP contribution in [-0.2, 0) is 11.3 Å². The molecule has 2 heterocycles. The van der Waals surface area contributed by atoms with Gasteiger partial charge in [-0.05, 0) is 29.8 Å². The van der Waals surface area contributed by atoms with Crippen molar-refractivity contribution >= 4 is 23.3 Å². The van der Waals surface area contributed by atoms with Crippen LogP contribution in [0.25, 0.3) is 0 Å². The van der Waals surface area contributed by atoms with Crippen molar-refractivity contribution in [3.63, 3.8) is 0 Å². The van der Waals surface area contributed by atoms with E-state index in [9.17, 15) is 4.79 Å². The van der Waals surface area contributed by atoms with Crippen LogP contribution < -0.4 is 4.90 Å². The Morgan fingerprint density at radius 1 is 1.29 bits per heavy atom. The molecule has 1 saturated heterocycles. The summed E-state index contributed by atoms with van der Waals surface area (Å²) in [5.74, 6) is 0.823. The number of amides is 1. The lowest BCUT2D eigenvalue weighted by Gasteiger charge is -2.27. The number of rotatable bonds is 4. The number of hydrogen-bond donors (Lipinski definition) is 0. The van der Waals surface area contributed by atoms with Gasteiger partial charge in [0.05, 0.1) is 18.8 Å². The highest BCUT2D eigenvalue weighted by Crippen LogP contribution is 2.16. The molecule has 1 fully saturated rings. The number of ether oxygens (including phenoxy) is 1. The number of aromatic nitrogens is 1. The molecule has 5 nitrogen and oxygen atoms in total. The van der Waals surface area contributed by atoms with Gasteiger partial charge < -0.3 is 14.5 Å². The van der Waals surface area contributed by atoms with Crippen LogP contribution in [0.5, 0.6) is 0 Å². The van der Waals surface area contributed by atoms with E-state index in [1.807, 2.05) is 36.4 Å². The Kier molecular flexibility index (Phi) is 5.33. The van der Waals surface area contributed by atoms with E-state index in [1.165, 1.54) is 0 Å². The maximum atomic E-state index is 12.5. The zero-order chi connectivity index (χ0) is 16.9. The molecule has 3 rings (SSSR count). The molecule has 0 aliphatic carbocycles. The molecule has 1 aliphatic heterocycles. The Labute approximate surface area is 146 Å². The zero-order valence-electron chi connectivity index (χ0n) is 13.6. The number of benzene rings is 1. The summed E-state index contributed by atoms with van der Waals surface area (Å²) in [7, 11) is 1.78. The van der Waals surface area contributed by atoms with Gasteiger partial charge in [0, 0.05) is 37.9 Å². The van der Waals surface area contributed by atoms with Gasteiger partial charge in [0.25, 0.3) is 5.91 Å². The van der Waals surface area contributed by atoms with E-state index in [0.29, 0.717) is 30.3 Å². The van der Waals surface area contributed by atoms with E-state index in [2.05, 4.69) is 9.88 Å². The van der Waals surface area contributed by atoms with Crippen LogP contribution in [0, 0.1) is 0 Å². The van der Waals surface area contributed by atoms with Gasteiger partial charge in [-0.25, -0.2) is 4.98 Å². The van der Waals surface area contributed by atoms with Gasteiger partial charge in [-0.3, -0.25) is 4.79 Å². The first-order chi connectivity index (χ1) is 11.6. The van der Waals surface area contributed by atoms with E-state index in [-0.39, 0.29) is 5.91 Å². The van der Waals surface area contributed by atoms with Crippen LogP contribution >= 0.6 is 11.6 Å². The first-order valence-corrected chi connectivity index (χ1v) is 8.30. The molecule has 0 N–H and O–H groups in total. The SMILES string of the molecule is CN(Cc1cccc(Cl)c1)C(=O)c1ccc(N2CCOCC2)nc1. The number of halogens is 1. The van der Waals surface area contributed by atoms with Gasteiger partial charge in [-0.2, -0.15) is 0 Å². The fourth-order valence-corrected chi connectivity index (χ4v) is 2.91. The first-order valence-electron chi connectivity index (χ1n) is 7.92. The van der Waals surface area contributed by atoms with Crippen molar-refractivity contribution in [1.29, 1.82) is 0 Å². The molecule has 0 bridgehead atoms. The van der Waals surface area contributed by atoms with Crippen molar-refractivity contribution in [2.24, 2.45) is 0 Å². The first kappa shape index (κ1) is 16.7. The topological polar surface area (TPSA) is 45.7 Å². The van der Waals surface area contributed by atoms with Gasteiger partial charge in [0.1, 0.15) is 5.82 Å². The van der Waals surface area contributed by atoms with Crippen molar-refractivity contribution in [3.8, 4) is 0 Å². The standard InChI is InChI=1S/C18H20ClN3O2/c1-21(13-14-3-2-4-16(19)11-14)18(23)15-5-6-17(20-12-15)22-7-9-24-10-8-22/h2-6,11-12H,7-10,13H2,1H3. The average Bonchev–Trinajstić information content (AvgIpc) is 2.62. The van der Waals surface area contributed by atoms with Crippen molar-refractivity contribution in [2.75, 3.05) is 38.3 Å². The average molecular weight is 346 g/mol. The third-order valence-electron chi connectivity index (χ3n) is 3.99. The third kappa shape index (κ3) is 4.04. The van der Waals surface area contributed by atoms with Crippen molar-refractivity contribution < 1.29 is 9.53 Å².